The van der Waals surface area contributed by atoms with E-state index in [0.717, 1.165) is 0 Å². The van der Waals surface area contributed by atoms with Crippen LogP contribution in [0.3, 0.4) is 0 Å². The first-order chi connectivity index (χ1) is 7.02. The van der Waals surface area contributed by atoms with Crippen LogP contribution in [0.5, 0.6) is 5.75 Å². The van der Waals surface area contributed by atoms with Gasteiger partial charge in [0.1, 0.15) is 0 Å². The summed E-state index contributed by atoms with van der Waals surface area (Å²) in [6, 6.07) is 1.34. The largest absolute Gasteiger partial charge is 0.492 e. The van der Waals surface area contributed by atoms with Crippen molar-refractivity contribution in [3.05, 3.63) is 28.3 Å². The summed E-state index contributed by atoms with van der Waals surface area (Å²) in [6.45, 7) is 1.92. The van der Waals surface area contributed by atoms with Crippen LogP contribution in [-0.2, 0) is 0 Å². The van der Waals surface area contributed by atoms with Gasteiger partial charge in [-0.05, 0) is 24.1 Å². The monoisotopic (exact) mass is 235 g/mol. The van der Waals surface area contributed by atoms with E-state index in [1.54, 1.807) is 6.92 Å². The van der Waals surface area contributed by atoms with Crippen molar-refractivity contribution in [3.8, 4) is 5.75 Å². The minimum absolute atomic E-state index is 0.0479. The quantitative estimate of drug-likeness (QED) is 0.818. The zero-order valence-electron chi connectivity index (χ0n) is 8.48. The summed E-state index contributed by atoms with van der Waals surface area (Å²) in [5, 5.41) is 0.0479. The van der Waals surface area contributed by atoms with E-state index in [0.29, 0.717) is 0 Å². The average Bonchev–Trinajstić information content (AvgIpc) is 2.23. The van der Waals surface area contributed by atoms with E-state index in [1.165, 1.54) is 13.2 Å². The fraction of sp³-hybridized carbons (Fsp3) is 0.400. The van der Waals surface area contributed by atoms with Crippen LogP contribution in [0.25, 0.3) is 0 Å². The molecule has 5 heteroatoms. The summed E-state index contributed by atoms with van der Waals surface area (Å²) in [4.78, 5) is 0. The van der Waals surface area contributed by atoms with Gasteiger partial charge in [0.15, 0.2) is 11.6 Å². The maximum Gasteiger partial charge on any atom is 0.202 e. The van der Waals surface area contributed by atoms with Crippen LogP contribution in [-0.4, -0.2) is 13.7 Å². The maximum absolute atomic E-state index is 13.5. The van der Waals surface area contributed by atoms with Crippen molar-refractivity contribution in [1.82, 2.24) is 0 Å². The lowest BCUT2D eigenvalue weighted by molar-refractivity contribution is 0.369. The van der Waals surface area contributed by atoms with Gasteiger partial charge in [0, 0.05) is 0 Å². The van der Waals surface area contributed by atoms with Gasteiger partial charge in [-0.2, -0.15) is 4.39 Å². The van der Waals surface area contributed by atoms with Crippen LogP contribution in [0, 0.1) is 11.6 Å². The van der Waals surface area contributed by atoms with Crippen molar-refractivity contribution in [1.29, 1.82) is 0 Å². The zero-order valence-corrected chi connectivity index (χ0v) is 9.24. The summed E-state index contributed by atoms with van der Waals surface area (Å²) >= 11 is 5.74. The molecule has 0 aliphatic carbocycles. The number of benzene rings is 1. The number of hydrogen-bond donors (Lipinski definition) is 1. The molecular formula is C10H12ClF2NO. The molecule has 2 nitrogen and oxygen atoms in total. The van der Waals surface area contributed by atoms with Crippen molar-refractivity contribution in [2.45, 2.75) is 12.8 Å². The lowest BCUT2D eigenvalue weighted by Crippen LogP contribution is -2.12. The van der Waals surface area contributed by atoms with E-state index in [9.17, 15) is 8.78 Å². The SMILES string of the molecule is COc1c(Cl)cc(C(C)CN)c(F)c1F. The van der Waals surface area contributed by atoms with E-state index in [-0.39, 0.29) is 28.8 Å². The highest BCUT2D eigenvalue weighted by Crippen LogP contribution is 2.34. The van der Waals surface area contributed by atoms with E-state index in [1.807, 2.05) is 0 Å². The second-order valence-electron chi connectivity index (χ2n) is 3.25. The highest BCUT2D eigenvalue weighted by Gasteiger charge is 2.20. The minimum atomic E-state index is -1.07. The average molecular weight is 236 g/mol. The van der Waals surface area contributed by atoms with Crippen molar-refractivity contribution in [3.63, 3.8) is 0 Å². The zero-order chi connectivity index (χ0) is 11.6. The van der Waals surface area contributed by atoms with Gasteiger partial charge in [0.05, 0.1) is 12.1 Å². The van der Waals surface area contributed by atoms with Crippen molar-refractivity contribution in [2.75, 3.05) is 13.7 Å². The molecule has 1 unspecified atom stereocenters. The summed E-state index contributed by atoms with van der Waals surface area (Å²) in [6.07, 6.45) is 0. The first kappa shape index (κ1) is 12.2. The molecule has 0 amide bonds. The number of hydrogen-bond acceptors (Lipinski definition) is 2. The van der Waals surface area contributed by atoms with Gasteiger partial charge >= 0.3 is 0 Å². The molecule has 0 radical (unpaired) electrons. The predicted octanol–water partition coefficient (Wildman–Crippen LogP) is 2.69. The highest BCUT2D eigenvalue weighted by atomic mass is 35.5. The third-order valence-corrected chi connectivity index (χ3v) is 2.51. The molecule has 0 bridgehead atoms. The Hall–Kier alpha value is -0.870. The molecular weight excluding hydrogens is 224 g/mol. The second-order valence-corrected chi connectivity index (χ2v) is 3.65. The smallest absolute Gasteiger partial charge is 0.202 e. The van der Waals surface area contributed by atoms with E-state index < -0.39 is 11.6 Å². The van der Waals surface area contributed by atoms with Crippen LogP contribution in [0.1, 0.15) is 18.4 Å². The number of nitrogens with two attached hydrogens (primary N) is 1. The fourth-order valence-electron chi connectivity index (χ4n) is 1.27. The summed E-state index contributed by atoms with van der Waals surface area (Å²) < 4.78 is 31.5. The van der Waals surface area contributed by atoms with Crippen molar-refractivity contribution in [2.24, 2.45) is 5.73 Å². The molecule has 2 N–H and O–H groups in total. The first-order valence-corrected chi connectivity index (χ1v) is 4.82. The molecule has 1 atom stereocenters. The van der Waals surface area contributed by atoms with Gasteiger partial charge in [-0.15, -0.1) is 0 Å². The van der Waals surface area contributed by atoms with Gasteiger partial charge in [-0.1, -0.05) is 18.5 Å². The van der Waals surface area contributed by atoms with Crippen LogP contribution >= 0.6 is 11.6 Å². The number of ether oxygens (including phenoxy) is 1. The van der Waals surface area contributed by atoms with Gasteiger partial charge < -0.3 is 10.5 Å². The van der Waals surface area contributed by atoms with Gasteiger partial charge in [-0.3, -0.25) is 0 Å². The normalized spacial score (nSPS) is 12.7. The van der Waals surface area contributed by atoms with E-state index in [2.05, 4.69) is 4.74 Å². The highest BCUT2D eigenvalue weighted by molar-refractivity contribution is 6.32. The maximum atomic E-state index is 13.5. The van der Waals surface area contributed by atoms with Crippen molar-refractivity contribution >= 4 is 11.6 Å². The molecule has 15 heavy (non-hydrogen) atoms. The molecule has 0 saturated carbocycles. The molecule has 0 spiro atoms. The Morgan fingerprint density at radius 3 is 2.53 bits per heavy atom. The Bertz CT molecular complexity index is 371. The summed E-state index contributed by atoms with van der Waals surface area (Å²) in [7, 11) is 1.23. The Morgan fingerprint density at radius 1 is 1.47 bits per heavy atom. The van der Waals surface area contributed by atoms with Crippen LogP contribution < -0.4 is 10.5 Å². The Balaban J connectivity index is 3.33. The van der Waals surface area contributed by atoms with Gasteiger partial charge in [0.25, 0.3) is 0 Å². The van der Waals surface area contributed by atoms with Gasteiger partial charge in [-0.25, -0.2) is 4.39 Å². The first-order valence-electron chi connectivity index (χ1n) is 4.44. The summed E-state index contributed by atoms with van der Waals surface area (Å²) in [5.41, 5.74) is 5.55. The van der Waals surface area contributed by atoms with Crippen LogP contribution in [0.2, 0.25) is 5.02 Å². The molecule has 1 aromatic rings. The predicted molar refractivity (Wildman–Crippen MR) is 55.4 cm³/mol. The molecule has 0 aromatic heterocycles. The lowest BCUT2D eigenvalue weighted by atomic mass is 10.0. The third kappa shape index (κ3) is 2.21. The van der Waals surface area contributed by atoms with Crippen LogP contribution in [0.15, 0.2) is 6.07 Å². The summed E-state index contributed by atoms with van der Waals surface area (Å²) in [5.74, 6) is -2.58. The molecule has 0 aliphatic heterocycles. The third-order valence-electron chi connectivity index (χ3n) is 2.23. The Morgan fingerprint density at radius 2 is 2.07 bits per heavy atom. The number of rotatable bonds is 3. The molecule has 0 fully saturated rings. The van der Waals surface area contributed by atoms with Crippen molar-refractivity contribution < 1.29 is 13.5 Å². The molecule has 0 heterocycles. The van der Waals surface area contributed by atoms with E-state index in [4.69, 9.17) is 17.3 Å². The number of methoxy groups -OCH3 is 1. The lowest BCUT2D eigenvalue weighted by Gasteiger charge is -2.13. The fourth-order valence-corrected chi connectivity index (χ4v) is 1.55. The molecule has 1 rings (SSSR count). The van der Waals surface area contributed by atoms with E-state index >= 15 is 0 Å². The minimum Gasteiger partial charge on any atom is -0.492 e. The molecule has 1 aromatic carbocycles. The Kier molecular flexibility index (Phi) is 3.88. The molecule has 84 valence electrons. The van der Waals surface area contributed by atoms with Crippen LogP contribution in [0.4, 0.5) is 8.78 Å². The second kappa shape index (κ2) is 4.77. The number of halogens is 3. The molecule has 0 saturated heterocycles. The Labute approximate surface area is 92.0 Å². The topological polar surface area (TPSA) is 35.2 Å². The standard InChI is InChI=1S/C10H12ClF2NO/c1-5(4-14)6-3-7(11)10(15-2)9(13)8(6)12/h3,5H,4,14H2,1-2H3. The molecule has 0 aliphatic rings. The van der Waals surface area contributed by atoms with Gasteiger partial charge in [0.2, 0.25) is 5.82 Å².